The molecule has 0 spiro atoms. The zero-order valence-corrected chi connectivity index (χ0v) is 9.49. The third-order valence-corrected chi connectivity index (χ3v) is 3.04. The third-order valence-electron chi connectivity index (χ3n) is 3.04. The topological polar surface area (TPSA) is 49.3 Å². The molecule has 3 nitrogen and oxygen atoms in total. The highest BCUT2D eigenvalue weighted by Gasteiger charge is 2.20. The summed E-state index contributed by atoms with van der Waals surface area (Å²) in [5, 5.41) is 12.2. The van der Waals surface area contributed by atoms with Gasteiger partial charge in [0.2, 0.25) is 0 Å². The Labute approximate surface area is 95.5 Å². The van der Waals surface area contributed by atoms with Crippen LogP contribution in [0, 0.1) is 12.8 Å². The molecule has 1 aliphatic carbocycles. The highest BCUT2D eigenvalue weighted by molar-refractivity contribution is 5.88. The van der Waals surface area contributed by atoms with Gasteiger partial charge in [0.05, 0.1) is 5.56 Å². The molecular weight excluding hydrogens is 202 g/mol. The lowest BCUT2D eigenvalue weighted by Gasteiger charge is -2.09. The first kappa shape index (κ1) is 11.0. The summed E-state index contributed by atoms with van der Waals surface area (Å²) < 4.78 is 0. The number of hydrogen-bond acceptors (Lipinski definition) is 2. The Morgan fingerprint density at radius 2 is 2.25 bits per heavy atom. The lowest BCUT2D eigenvalue weighted by atomic mass is 10.1. The third kappa shape index (κ3) is 2.75. The minimum absolute atomic E-state index is 0.352. The van der Waals surface area contributed by atoms with Crippen LogP contribution >= 0.6 is 0 Å². The van der Waals surface area contributed by atoms with Gasteiger partial charge in [-0.2, -0.15) is 0 Å². The van der Waals surface area contributed by atoms with Crippen molar-refractivity contribution in [2.75, 3.05) is 11.9 Å². The maximum Gasteiger partial charge on any atom is 0.335 e. The van der Waals surface area contributed by atoms with Crippen LogP contribution in [0.1, 0.15) is 35.2 Å². The van der Waals surface area contributed by atoms with Crippen LogP contribution in [0.3, 0.4) is 0 Å². The summed E-state index contributed by atoms with van der Waals surface area (Å²) in [4.78, 5) is 10.8. The predicted octanol–water partition coefficient (Wildman–Crippen LogP) is 2.91. The van der Waals surface area contributed by atoms with Crippen LogP contribution in [0.15, 0.2) is 18.2 Å². The molecule has 2 rings (SSSR count). The molecule has 0 bridgehead atoms. The number of hydrogen-bond donors (Lipinski definition) is 2. The maximum absolute atomic E-state index is 10.8. The fraction of sp³-hybridized carbons (Fsp3) is 0.462. The SMILES string of the molecule is Cc1cc(C(=O)O)ccc1NCCC1CC1. The first-order valence-electron chi connectivity index (χ1n) is 5.74. The molecule has 1 fully saturated rings. The van der Waals surface area contributed by atoms with Gasteiger partial charge in [-0.1, -0.05) is 12.8 Å². The van der Waals surface area contributed by atoms with Crippen LogP contribution in [0.5, 0.6) is 0 Å². The minimum Gasteiger partial charge on any atom is -0.478 e. The van der Waals surface area contributed by atoms with Crippen molar-refractivity contribution < 1.29 is 9.90 Å². The van der Waals surface area contributed by atoms with E-state index >= 15 is 0 Å². The normalized spacial score (nSPS) is 14.8. The second-order valence-corrected chi connectivity index (χ2v) is 4.49. The Balaban J connectivity index is 1.95. The Bertz CT molecular complexity index is 397. The predicted molar refractivity (Wildman–Crippen MR) is 64.0 cm³/mol. The van der Waals surface area contributed by atoms with Crippen molar-refractivity contribution in [2.45, 2.75) is 26.2 Å². The van der Waals surface area contributed by atoms with E-state index in [1.165, 1.54) is 19.3 Å². The fourth-order valence-corrected chi connectivity index (χ4v) is 1.81. The zero-order chi connectivity index (χ0) is 11.5. The molecule has 3 heteroatoms. The molecule has 2 N–H and O–H groups in total. The van der Waals surface area contributed by atoms with Crippen molar-refractivity contribution in [3.05, 3.63) is 29.3 Å². The van der Waals surface area contributed by atoms with Gasteiger partial charge in [-0.15, -0.1) is 0 Å². The van der Waals surface area contributed by atoms with Gasteiger partial charge in [0.25, 0.3) is 0 Å². The standard InChI is InChI=1S/C13H17NO2/c1-9-8-11(13(15)16)4-5-12(9)14-7-6-10-2-3-10/h4-5,8,10,14H,2-3,6-7H2,1H3,(H,15,16). The highest BCUT2D eigenvalue weighted by atomic mass is 16.4. The average Bonchev–Trinajstić information content (AvgIpc) is 3.04. The Kier molecular flexibility index (Phi) is 3.13. The quantitative estimate of drug-likeness (QED) is 0.800. The lowest BCUT2D eigenvalue weighted by molar-refractivity contribution is 0.0697. The molecule has 86 valence electrons. The first-order valence-corrected chi connectivity index (χ1v) is 5.74. The summed E-state index contributed by atoms with van der Waals surface area (Å²) >= 11 is 0. The molecule has 0 aliphatic heterocycles. The van der Waals surface area contributed by atoms with E-state index in [0.29, 0.717) is 5.56 Å². The number of aryl methyl sites for hydroxylation is 1. The van der Waals surface area contributed by atoms with Gasteiger partial charge < -0.3 is 10.4 Å². The Morgan fingerprint density at radius 1 is 1.50 bits per heavy atom. The van der Waals surface area contributed by atoms with Crippen molar-refractivity contribution in [1.29, 1.82) is 0 Å². The van der Waals surface area contributed by atoms with Crippen LogP contribution in [0.4, 0.5) is 5.69 Å². The van der Waals surface area contributed by atoms with E-state index in [1.54, 1.807) is 12.1 Å². The smallest absolute Gasteiger partial charge is 0.335 e. The van der Waals surface area contributed by atoms with Gasteiger partial charge in [-0.25, -0.2) is 4.79 Å². The van der Waals surface area contributed by atoms with Gasteiger partial charge in [-0.05, 0) is 43.0 Å². The summed E-state index contributed by atoms with van der Waals surface area (Å²) in [5.41, 5.74) is 2.39. The summed E-state index contributed by atoms with van der Waals surface area (Å²) in [5.74, 6) is 0.0544. The molecule has 0 amide bonds. The Hall–Kier alpha value is -1.51. The number of aromatic carboxylic acids is 1. The van der Waals surface area contributed by atoms with Crippen molar-refractivity contribution in [3.8, 4) is 0 Å². The van der Waals surface area contributed by atoms with E-state index in [4.69, 9.17) is 5.11 Å². The van der Waals surface area contributed by atoms with E-state index in [1.807, 2.05) is 13.0 Å². The van der Waals surface area contributed by atoms with Crippen LogP contribution in [0.25, 0.3) is 0 Å². The van der Waals surface area contributed by atoms with Gasteiger partial charge in [-0.3, -0.25) is 0 Å². The molecule has 0 atom stereocenters. The van der Waals surface area contributed by atoms with Gasteiger partial charge in [0, 0.05) is 12.2 Å². The molecule has 0 aromatic heterocycles. The minimum atomic E-state index is -0.868. The molecule has 16 heavy (non-hydrogen) atoms. The van der Waals surface area contributed by atoms with Gasteiger partial charge >= 0.3 is 5.97 Å². The van der Waals surface area contributed by atoms with Crippen LogP contribution in [-0.2, 0) is 0 Å². The van der Waals surface area contributed by atoms with Crippen molar-refractivity contribution in [1.82, 2.24) is 0 Å². The average molecular weight is 219 g/mol. The van der Waals surface area contributed by atoms with E-state index in [9.17, 15) is 4.79 Å². The number of anilines is 1. The molecule has 1 aromatic rings. The Morgan fingerprint density at radius 3 is 2.81 bits per heavy atom. The van der Waals surface area contributed by atoms with Crippen molar-refractivity contribution in [3.63, 3.8) is 0 Å². The van der Waals surface area contributed by atoms with Crippen LogP contribution in [-0.4, -0.2) is 17.6 Å². The largest absolute Gasteiger partial charge is 0.478 e. The second-order valence-electron chi connectivity index (χ2n) is 4.49. The molecule has 1 aliphatic rings. The monoisotopic (exact) mass is 219 g/mol. The molecule has 0 radical (unpaired) electrons. The first-order chi connectivity index (χ1) is 7.66. The van der Waals surface area contributed by atoms with Gasteiger partial charge in [0.1, 0.15) is 0 Å². The number of carboxylic acids is 1. The van der Waals surface area contributed by atoms with E-state index in [-0.39, 0.29) is 0 Å². The molecule has 0 saturated heterocycles. The van der Waals surface area contributed by atoms with Crippen molar-refractivity contribution >= 4 is 11.7 Å². The van der Waals surface area contributed by atoms with Crippen LogP contribution < -0.4 is 5.32 Å². The van der Waals surface area contributed by atoms with E-state index < -0.39 is 5.97 Å². The van der Waals surface area contributed by atoms with E-state index in [2.05, 4.69) is 5.32 Å². The maximum atomic E-state index is 10.8. The van der Waals surface area contributed by atoms with Crippen LogP contribution in [0.2, 0.25) is 0 Å². The number of carboxylic acid groups (broad SMARTS) is 1. The zero-order valence-electron chi connectivity index (χ0n) is 9.49. The number of nitrogens with one attached hydrogen (secondary N) is 1. The summed E-state index contributed by atoms with van der Waals surface area (Å²) in [6.07, 6.45) is 3.97. The number of rotatable bonds is 5. The second kappa shape index (κ2) is 4.56. The lowest BCUT2D eigenvalue weighted by Crippen LogP contribution is -2.05. The number of benzene rings is 1. The summed E-state index contributed by atoms with van der Waals surface area (Å²) in [6, 6.07) is 5.21. The molecular formula is C13H17NO2. The molecule has 1 saturated carbocycles. The fourth-order valence-electron chi connectivity index (χ4n) is 1.81. The number of carbonyl (C=O) groups is 1. The van der Waals surface area contributed by atoms with E-state index in [0.717, 1.165) is 23.7 Å². The highest BCUT2D eigenvalue weighted by Crippen LogP contribution is 2.32. The summed E-state index contributed by atoms with van der Waals surface area (Å²) in [6.45, 7) is 2.92. The molecule has 0 heterocycles. The summed E-state index contributed by atoms with van der Waals surface area (Å²) in [7, 11) is 0. The molecule has 0 unspecified atom stereocenters. The van der Waals surface area contributed by atoms with Crippen molar-refractivity contribution in [2.24, 2.45) is 5.92 Å². The van der Waals surface area contributed by atoms with Gasteiger partial charge in [0.15, 0.2) is 0 Å². The molecule has 1 aromatic carbocycles.